The number of methoxy groups -OCH3 is 1. The van der Waals surface area contributed by atoms with Crippen LogP contribution in [0.2, 0.25) is 0 Å². The lowest BCUT2D eigenvalue weighted by Gasteiger charge is -2.16. The molecule has 1 aromatic carbocycles. The Morgan fingerprint density at radius 3 is 2.83 bits per heavy atom. The van der Waals surface area contributed by atoms with Crippen molar-refractivity contribution >= 4 is 28.6 Å². The number of carbonyl (C=O) groups excluding carboxylic acids is 3. The number of ether oxygens (including phenoxy) is 1. The number of esters is 1. The Hall–Kier alpha value is -3.35. The number of aromatic nitrogens is 1. The van der Waals surface area contributed by atoms with Crippen molar-refractivity contribution in [3.8, 4) is 0 Å². The van der Waals surface area contributed by atoms with Gasteiger partial charge in [0.1, 0.15) is 11.8 Å². The van der Waals surface area contributed by atoms with Crippen molar-refractivity contribution in [3.63, 3.8) is 0 Å². The van der Waals surface area contributed by atoms with Crippen molar-refractivity contribution in [2.75, 3.05) is 7.11 Å². The van der Waals surface area contributed by atoms with E-state index < -0.39 is 17.9 Å². The number of H-pyrrole nitrogens is 1. The fourth-order valence-corrected chi connectivity index (χ4v) is 3.94. The van der Waals surface area contributed by atoms with Gasteiger partial charge in [-0.25, -0.2) is 4.79 Å². The minimum atomic E-state index is -0.885. The standard InChI is InChI=1S/C22H22N2O5/c1-12-19-17(25)8-5-9-18(19)29-20(12)21(26)24-16(22(27)28-2)10-13-11-23-15-7-4-3-6-14(13)15/h3-4,6-7,11,16,23H,5,8-10H2,1-2H3,(H,24,26)/t16-/m0/s1. The van der Waals surface area contributed by atoms with Gasteiger partial charge in [0.05, 0.1) is 12.7 Å². The van der Waals surface area contributed by atoms with E-state index in [1.807, 2.05) is 30.5 Å². The molecule has 1 amide bonds. The fourth-order valence-electron chi connectivity index (χ4n) is 3.94. The van der Waals surface area contributed by atoms with Gasteiger partial charge in [0.25, 0.3) is 5.91 Å². The van der Waals surface area contributed by atoms with Gasteiger partial charge in [-0.2, -0.15) is 0 Å². The maximum atomic E-state index is 12.9. The number of aromatic amines is 1. The Kier molecular flexibility index (Phi) is 4.96. The third-order valence-corrected chi connectivity index (χ3v) is 5.40. The molecule has 4 rings (SSSR count). The molecule has 2 N–H and O–H groups in total. The van der Waals surface area contributed by atoms with Crippen molar-refractivity contribution in [1.82, 2.24) is 10.3 Å². The van der Waals surface area contributed by atoms with Crippen LogP contribution < -0.4 is 5.32 Å². The van der Waals surface area contributed by atoms with Gasteiger partial charge in [0, 0.05) is 41.9 Å². The molecular weight excluding hydrogens is 372 g/mol. The number of Topliss-reactive ketones (excluding diaryl/α,β-unsaturated/α-hetero) is 1. The molecule has 2 aromatic heterocycles. The molecule has 0 saturated carbocycles. The summed E-state index contributed by atoms with van der Waals surface area (Å²) in [5.74, 6) is -0.447. The molecule has 1 atom stereocenters. The van der Waals surface area contributed by atoms with Gasteiger partial charge in [-0.3, -0.25) is 9.59 Å². The Labute approximate surface area is 167 Å². The lowest BCUT2D eigenvalue weighted by Crippen LogP contribution is -2.43. The van der Waals surface area contributed by atoms with E-state index in [0.29, 0.717) is 36.1 Å². The minimum absolute atomic E-state index is 0.00476. The predicted molar refractivity (Wildman–Crippen MR) is 106 cm³/mol. The van der Waals surface area contributed by atoms with Crippen LogP contribution in [0.25, 0.3) is 10.9 Å². The second kappa shape index (κ2) is 7.58. The maximum absolute atomic E-state index is 12.9. The molecule has 0 saturated heterocycles. The SMILES string of the molecule is COC(=O)[C@H](Cc1c[nH]c2ccccc12)NC(=O)c1oc2c(c1C)C(=O)CCC2. The van der Waals surface area contributed by atoms with Crippen LogP contribution in [0.15, 0.2) is 34.9 Å². The van der Waals surface area contributed by atoms with E-state index in [4.69, 9.17) is 9.15 Å². The summed E-state index contributed by atoms with van der Waals surface area (Å²) in [6.07, 6.45) is 3.89. The first-order valence-electron chi connectivity index (χ1n) is 9.58. The molecule has 0 aliphatic heterocycles. The molecule has 150 valence electrons. The monoisotopic (exact) mass is 394 g/mol. The Bertz CT molecular complexity index is 1110. The smallest absolute Gasteiger partial charge is 0.328 e. The summed E-state index contributed by atoms with van der Waals surface area (Å²) < 4.78 is 10.6. The van der Waals surface area contributed by atoms with E-state index >= 15 is 0 Å². The molecule has 0 radical (unpaired) electrons. The predicted octanol–water partition coefficient (Wildman–Crippen LogP) is 3.10. The van der Waals surface area contributed by atoms with Crippen LogP contribution in [0.3, 0.4) is 0 Å². The number of nitrogens with one attached hydrogen (secondary N) is 2. The minimum Gasteiger partial charge on any atom is -0.467 e. The number of hydrogen-bond acceptors (Lipinski definition) is 5. The maximum Gasteiger partial charge on any atom is 0.328 e. The van der Waals surface area contributed by atoms with Crippen molar-refractivity contribution in [2.45, 2.75) is 38.6 Å². The van der Waals surface area contributed by atoms with Crippen LogP contribution in [0, 0.1) is 6.92 Å². The number of aryl methyl sites for hydroxylation is 1. The van der Waals surface area contributed by atoms with Crippen LogP contribution in [0.4, 0.5) is 0 Å². The average Bonchev–Trinajstić information content (AvgIpc) is 3.29. The quantitative estimate of drug-likeness (QED) is 0.648. The van der Waals surface area contributed by atoms with Gasteiger partial charge in [-0.05, 0) is 25.0 Å². The van der Waals surface area contributed by atoms with E-state index in [2.05, 4.69) is 10.3 Å². The van der Waals surface area contributed by atoms with Crippen molar-refractivity contribution < 1.29 is 23.5 Å². The van der Waals surface area contributed by atoms with Crippen LogP contribution in [-0.4, -0.2) is 35.8 Å². The van der Waals surface area contributed by atoms with Gasteiger partial charge in [0.15, 0.2) is 11.5 Å². The lowest BCUT2D eigenvalue weighted by atomic mass is 9.94. The molecule has 0 unspecified atom stereocenters. The summed E-state index contributed by atoms with van der Waals surface area (Å²) in [4.78, 5) is 40.6. The molecule has 0 spiro atoms. The van der Waals surface area contributed by atoms with E-state index in [-0.39, 0.29) is 18.0 Å². The highest BCUT2D eigenvalue weighted by Gasteiger charge is 2.31. The number of ketones is 1. The number of furan rings is 1. The molecule has 0 fully saturated rings. The Morgan fingerprint density at radius 1 is 1.28 bits per heavy atom. The number of benzene rings is 1. The number of hydrogen-bond donors (Lipinski definition) is 2. The van der Waals surface area contributed by atoms with Gasteiger partial charge in [0.2, 0.25) is 0 Å². The van der Waals surface area contributed by atoms with Gasteiger partial charge < -0.3 is 19.5 Å². The molecular formula is C22H22N2O5. The first-order valence-corrected chi connectivity index (χ1v) is 9.58. The van der Waals surface area contributed by atoms with Crippen LogP contribution in [-0.2, 0) is 22.4 Å². The Balaban J connectivity index is 1.60. The van der Waals surface area contributed by atoms with Crippen molar-refractivity contribution in [1.29, 1.82) is 0 Å². The molecule has 1 aliphatic carbocycles. The number of para-hydroxylation sites is 1. The van der Waals surface area contributed by atoms with Gasteiger partial charge >= 0.3 is 5.97 Å². The van der Waals surface area contributed by atoms with Crippen molar-refractivity contribution in [2.24, 2.45) is 0 Å². The third-order valence-electron chi connectivity index (χ3n) is 5.40. The summed E-state index contributed by atoms with van der Waals surface area (Å²) in [5.41, 5.74) is 2.87. The molecule has 3 aromatic rings. The Morgan fingerprint density at radius 2 is 2.07 bits per heavy atom. The molecule has 0 bridgehead atoms. The number of fused-ring (bicyclic) bond motifs is 2. The zero-order valence-electron chi connectivity index (χ0n) is 16.3. The topological polar surface area (TPSA) is 101 Å². The molecule has 29 heavy (non-hydrogen) atoms. The number of rotatable bonds is 5. The van der Waals surface area contributed by atoms with Gasteiger partial charge in [-0.15, -0.1) is 0 Å². The second-order valence-corrected chi connectivity index (χ2v) is 7.24. The summed E-state index contributed by atoms with van der Waals surface area (Å²) in [6.45, 7) is 1.70. The molecule has 2 heterocycles. The van der Waals surface area contributed by atoms with Crippen molar-refractivity contribution in [3.05, 3.63) is 58.7 Å². The summed E-state index contributed by atoms with van der Waals surface area (Å²) in [6, 6.07) is 6.85. The first-order chi connectivity index (χ1) is 14.0. The van der Waals surface area contributed by atoms with Gasteiger partial charge in [-0.1, -0.05) is 18.2 Å². The molecule has 1 aliphatic rings. The van der Waals surface area contributed by atoms with Crippen LogP contribution in [0.5, 0.6) is 0 Å². The highest BCUT2D eigenvalue weighted by atomic mass is 16.5. The summed E-state index contributed by atoms with van der Waals surface area (Å²) in [7, 11) is 1.28. The summed E-state index contributed by atoms with van der Waals surface area (Å²) >= 11 is 0. The third kappa shape index (κ3) is 3.44. The second-order valence-electron chi connectivity index (χ2n) is 7.24. The van der Waals surface area contributed by atoms with E-state index in [9.17, 15) is 14.4 Å². The van der Waals surface area contributed by atoms with E-state index in [0.717, 1.165) is 16.5 Å². The normalized spacial score (nSPS) is 14.5. The van der Waals surface area contributed by atoms with Crippen LogP contribution in [0.1, 0.15) is 50.6 Å². The largest absolute Gasteiger partial charge is 0.467 e. The van der Waals surface area contributed by atoms with E-state index in [1.165, 1.54) is 7.11 Å². The highest BCUT2D eigenvalue weighted by molar-refractivity contribution is 6.04. The first kappa shape index (κ1) is 19.0. The molecule has 7 nitrogen and oxygen atoms in total. The van der Waals surface area contributed by atoms with E-state index in [1.54, 1.807) is 6.92 Å². The number of amides is 1. The molecule has 7 heteroatoms. The highest BCUT2D eigenvalue weighted by Crippen LogP contribution is 2.29. The summed E-state index contributed by atoms with van der Waals surface area (Å²) in [5, 5.41) is 3.70. The zero-order chi connectivity index (χ0) is 20.5. The lowest BCUT2D eigenvalue weighted by molar-refractivity contribution is -0.142. The van der Waals surface area contributed by atoms with Crippen LogP contribution >= 0.6 is 0 Å². The average molecular weight is 394 g/mol. The zero-order valence-corrected chi connectivity index (χ0v) is 16.3. The number of carbonyl (C=O) groups is 3. The fraction of sp³-hybridized carbons (Fsp3) is 0.318.